The van der Waals surface area contributed by atoms with E-state index in [0.717, 1.165) is 10.9 Å². The number of benzene rings is 2. The summed E-state index contributed by atoms with van der Waals surface area (Å²) in [5.74, 6) is 0.148. The molecule has 1 atom stereocenters. The number of aliphatic hydroxyl groups is 1. The van der Waals surface area contributed by atoms with Crippen LogP contribution in [0.1, 0.15) is 28.4 Å². The molecule has 0 bridgehead atoms. The van der Waals surface area contributed by atoms with Gasteiger partial charge in [-0.15, -0.1) is 0 Å². The lowest BCUT2D eigenvalue weighted by molar-refractivity contribution is 0.200. The van der Waals surface area contributed by atoms with E-state index in [1.165, 1.54) is 6.07 Å². The fraction of sp³-hybridized carbons (Fsp3) is 0.208. The van der Waals surface area contributed by atoms with Crippen molar-refractivity contribution >= 4 is 11.0 Å². The first-order valence-electron chi connectivity index (χ1n) is 9.88. The molecule has 4 rings (SSSR count). The average molecular weight is 424 g/mol. The van der Waals surface area contributed by atoms with Gasteiger partial charge in [-0.25, -0.2) is 13.8 Å². The Morgan fingerprint density at radius 2 is 1.97 bits per heavy atom. The van der Waals surface area contributed by atoms with Crippen LogP contribution in [0.3, 0.4) is 0 Å². The van der Waals surface area contributed by atoms with E-state index in [2.05, 4.69) is 9.97 Å². The SMILES string of the molecule is Cc1ccc(COc2cccc(C(O)c3c[nH]c4ncccc34)c2OCCF)c(F)c1. The van der Waals surface area contributed by atoms with Crippen LogP contribution in [0.15, 0.2) is 60.9 Å². The third-order valence-corrected chi connectivity index (χ3v) is 5.00. The van der Waals surface area contributed by atoms with E-state index >= 15 is 0 Å². The molecule has 31 heavy (non-hydrogen) atoms. The predicted molar refractivity (Wildman–Crippen MR) is 114 cm³/mol. The number of aryl methyl sites for hydroxylation is 1. The number of aliphatic hydroxyl groups excluding tert-OH is 1. The molecule has 5 nitrogen and oxygen atoms in total. The van der Waals surface area contributed by atoms with Gasteiger partial charge in [0, 0.05) is 34.5 Å². The van der Waals surface area contributed by atoms with Gasteiger partial charge in [-0.3, -0.25) is 0 Å². The summed E-state index contributed by atoms with van der Waals surface area (Å²) in [5.41, 5.74) is 2.86. The van der Waals surface area contributed by atoms with Gasteiger partial charge in [-0.2, -0.15) is 0 Å². The molecule has 2 aromatic carbocycles. The number of aromatic amines is 1. The second kappa shape index (κ2) is 9.14. The van der Waals surface area contributed by atoms with Crippen LogP contribution in [0, 0.1) is 12.7 Å². The number of pyridine rings is 1. The van der Waals surface area contributed by atoms with Gasteiger partial charge in [0.2, 0.25) is 0 Å². The number of rotatable bonds is 8. The number of halogens is 2. The van der Waals surface area contributed by atoms with Crippen molar-refractivity contribution in [2.24, 2.45) is 0 Å². The number of hydrogen-bond donors (Lipinski definition) is 2. The van der Waals surface area contributed by atoms with E-state index in [1.807, 2.05) is 13.0 Å². The first-order chi connectivity index (χ1) is 15.1. The highest BCUT2D eigenvalue weighted by Gasteiger charge is 2.22. The third kappa shape index (κ3) is 4.36. The lowest BCUT2D eigenvalue weighted by atomic mass is 10.0. The van der Waals surface area contributed by atoms with Gasteiger partial charge in [-0.1, -0.05) is 24.3 Å². The molecule has 0 aliphatic carbocycles. The predicted octanol–water partition coefficient (Wildman–Crippen LogP) is 5.02. The molecule has 2 heterocycles. The molecule has 160 valence electrons. The van der Waals surface area contributed by atoms with E-state index in [9.17, 15) is 13.9 Å². The first kappa shape index (κ1) is 20.8. The Balaban J connectivity index is 1.67. The van der Waals surface area contributed by atoms with Crippen molar-refractivity contribution in [3.8, 4) is 11.5 Å². The number of H-pyrrole nitrogens is 1. The zero-order chi connectivity index (χ0) is 21.8. The largest absolute Gasteiger partial charge is 0.487 e. The number of nitrogens with zero attached hydrogens (tertiary/aromatic N) is 1. The van der Waals surface area contributed by atoms with Gasteiger partial charge in [0.15, 0.2) is 11.5 Å². The summed E-state index contributed by atoms with van der Waals surface area (Å²) in [6, 6.07) is 13.6. The molecule has 0 aliphatic rings. The molecule has 0 radical (unpaired) electrons. The summed E-state index contributed by atoms with van der Waals surface area (Å²) in [6.07, 6.45) is 2.27. The van der Waals surface area contributed by atoms with Crippen molar-refractivity contribution in [1.29, 1.82) is 0 Å². The number of para-hydroxylation sites is 1. The van der Waals surface area contributed by atoms with Gasteiger partial charge in [0.05, 0.1) is 0 Å². The zero-order valence-corrected chi connectivity index (χ0v) is 16.9. The van der Waals surface area contributed by atoms with Gasteiger partial charge in [0.25, 0.3) is 0 Å². The van der Waals surface area contributed by atoms with Crippen LogP contribution in [0.5, 0.6) is 11.5 Å². The Labute approximate surface area is 178 Å². The van der Waals surface area contributed by atoms with Crippen molar-refractivity contribution < 1.29 is 23.4 Å². The molecule has 2 aromatic heterocycles. The number of ether oxygens (including phenoxy) is 2. The quantitative estimate of drug-likeness (QED) is 0.417. The maximum atomic E-state index is 14.2. The molecule has 0 saturated carbocycles. The molecular weight excluding hydrogens is 402 g/mol. The first-order valence-corrected chi connectivity index (χ1v) is 9.88. The Kier molecular flexibility index (Phi) is 6.13. The van der Waals surface area contributed by atoms with E-state index in [0.29, 0.717) is 28.1 Å². The second-order valence-electron chi connectivity index (χ2n) is 7.14. The second-order valence-corrected chi connectivity index (χ2v) is 7.14. The molecule has 2 N–H and O–H groups in total. The molecule has 0 saturated heterocycles. The molecule has 1 unspecified atom stereocenters. The highest BCUT2D eigenvalue weighted by Crippen LogP contribution is 2.39. The Hall–Kier alpha value is -3.45. The lowest BCUT2D eigenvalue weighted by Crippen LogP contribution is -2.08. The molecule has 0 fully saturated rings. The van der Waals surface area contributed by atoms with E-state index < -0.39 is 12.8 Å². The minimum absolute atomic E-state index is 0.0331. The average Bonchev–Trinajstić information content (AvgIpc) is 3.21. The summed E-state index contributed by atoms with van der Waals surface area (Å²) in [7, 11) is 0. The minimum Gasteiger partial charge on any atom is -0.487 e. The van der Waals surface area contributed by atoms with E-state index in [-0.39, 0.29) is 24.8 Å². The minimum atomic E-state index is -1.06. The third-order valence-electron chi connectivity index (χ3n) is 5.00. The van der Waals surface area contributed by atoms with Crippen molar-refractivity contribution in [3.63, 3.8) is 0 Å². The molecule has 0 spiro atoms. The summed E-state index contributed by atoms with van der Waals surface area (Å²) in [4.78, 5) is 7.27. The number of nitrogens with one attached hydrogen (secondary N) is 1. The van der Waals surface area contributed by atoms with Crippen molar-refractivity contribution in [2.75, 3.05) is 13.3 Å². The van der Waals surface area contributed by atoms with Crippen molar-refractivity contribution in [1.82, 2.24) is 9.97 Å². The zero-order valence-electron chi connectivity index (χ0n) is 16.9. The van der Waals surface area contributed by atoms with Crippen LogP contribution >= 0.6 is 0 Å². The highest BCUT2D eigenvalue weighted by molar-refractivity contribution is 5.80. The Bertz CT molecular complexity index is 1190. The Morgan fingerprint density at radius 1 is 1.10 bits per heavy atom. The summed E-state index contributed by atoms with van der Waals surface area (Å²) < 4.78 is 38.5. The topological polar surface area (TPSA) is 67.4 Å². The van der Waals surface area contributed by atoms with E-state index in [1.54, 1.807) is 48.8 Å². The Morgan fingerprint density at radius 3 is 2.77 bits per heavy atom. The lowest BCUT2D eigenvalue weighted by Gasteiger charge is -2.19. The standard InChI is InChI=1S/C24H22F2N2O3/c1-15-7-8-16(20(26)12-15)14-31-21-6-2-4-18(23(21)30-11-9-25)22(29)19-13-28-24-17(19)5-3-10-27-24/h2-8,10,12-13,22,29H,9,11,14H2,1H3,(H,27,28). The monoisotopic (exact) mass is 424 g/mol. The molecule has 7 heteroatoms. The normalized spacial score (nSPS) is 12.1. The van der Waals surface area contributed by atoms with Crippen LogP contribution in [0.4, 0.5) is 8.78 Å². The molecule has 0 aliphatic heterocycles. The number of fused-ring (bicyclic) bond motifs is 1. The van der Waals surface area contributed by atoms with Gasteiger partial charge >= 0.3 is 0 Å². The van der Waals surface area contributed by atoms with Crippen LogP contribution < -0.4 is 9.47 Å². The number of alkyl halides is 1. The van der Waals surface area contributed by atoms with Crippen LogP contribution in [0.25, 0.3) is 11.0 Å². The fourth-order valence-electron chi connectivity index (χ4n) is 3.45. The summed E-state index contributed by atoms with van der Waals surface area (Å²) in [6.45, 7) is 0.873. The molecule has 0 amide bonds. The van der Waals surface area contributed by atoms with Crippen LogP contribution in [-0.2, 0) is 6.61 Å². The molecular formula is C24H22F2N2O3. The van der Waals surface area contributed by atoms with E-state index in [4.69, 9.17) is 9.47 Å². The number of aromatic nitrogens is 2. The number of hydrogen-bond acceptors (Lipinski definition) is 4. The smallest absolute Gasteiger partial charge is 0.167 e. The fourth-order valence-corrected chi connectivity index (χ4v) is 3.45. The summed E-state index contributed by atoms with van der Waals surface area (Å²) in [5, 5.41) is 11.9. The highest BCUT2D eigenvalue weighted by atomic mass is 19.1. The van der Waals surface area contributed by atoms with Crippen LogP contribution in [-0.4, -0.2) is 28.4 Å². The summed E-state index contributed by atoms with van der Waals surface area (Å²) >= 11 is 0. The van der Waals surface area contributed by atoms with Gasteiger partial charge < -0.3 is 19.6 Å². The maximum Gasteiger partial charge on any atom is 0.167 e. The van der Waals surface area contributed by atoms with Crippen molar-refractivity contribution in [3.05, 3.63) is 89.0 Å². The van der Waals surface area contributed by atoms with Gasteiger partial charge in [-0.05, 0) is 36.8 Å². The van der Waals surface area contributed by atoms with Crippen molar-refractivity contribution in [2.45, 2.75) is 19.6 Å². The van der Waals surface area contributed by atoms with Crippen LogP contribution in [0.2, 0.25) is 0 Å². The van der Waals surface area contributed by atoms with Gasteiger partial charge in [0.1, 0.15) is 37.5 Å². The maximum absolute atomic E-state index is 14.2. The molecule has 4 aromatic rings.